The average molecular weight is 257 g/mol. The van der Waals surface area contributed by atoms with Crippen LogP contribution >= 0.6 is 0 Å². The van der Waals surface area contributed by atoms with Crippen LogP contribution in [-0.4, -0.2) is 11.0 Å². The minimum Gasteiger partial charge on any atom is -0.457 e. The van der Waals surface area contributed by atoms with E-state index in [2.05, 4.69) is 0 Å². The van der Waals surface area contributed by atoms with E-state index in [4.69, 9.17) is 10.5 Å². The Labute approximate surface area is 111 Å². The molecule has 0 aliphatic carbocycles. The molecule has 2 aromatic carbocycles. The van der Waals surface area contributed by atoms with Crippen molar-refractivity contribution < 1.29 is 14.6 Å². The van der Waals surface area contributed by atoms with Gasteiger partial charge in [-0.15, -0.1) is 0 Å². The van der Waals surface area contributed by atoms with Crippen LogP contribution in [0.2, 0.25) is 0 Å². The van der Waals surface area contributed by atoms with Crippen molar-refractivity contribution in [3.05, 3.63) is 59.7 Å². The summed E-state index contributed by atoms with van der Waals surface area (Å²) in [5.74, 6) is 0.693. The molecule has 19 heavy (non-hydrogen) atoms. The van der Waals surface area contributed by atoms with Gasteiger partial charge < -0.3 is 15.6 Å². The number of rotatable bonds is 4. The molecule has 0 saturated heterocycles. The molecule has 4 heteroatoms. The summed E-state index contributed by atoms with van der Waals surface area (Å²) >= 11 is 0. The number of ether oxygens (including phenoxy) is 1. The first-order chi connectivity index (χ1) is 9.08. The van der Waals surface area contributed by atoms with E-state index >= 15 is 0 Å². The van der Waals surface area contributed by atoms with E-state index in [1.165, 1.54) is 0 Å². The Hall–Kier alpha value is -2.33. The summed E-state index contributed by atoms with van der Waals surface area (Å²) in [6.07, 6.45) is -0.610. The zero-order valence-corrected chi connectivity index (χ0v) is 10.5. The molecule has 98 valence electrons. The van der Waals surface area contributed by atoms with E-state index in [0.29, 0.717) is 22.6 Å². The van der Waals surface area contributed by atoms with Crippen LogP contribution in [0.4, 0.5) is 0 Å². The van der Waals surface area contributed by atoms with Gasteiger partial charge >= 0.3 is 0 Å². The molecule has 0 spiro atoms. The molecule has 3 N–H and O–H groups in total. The van der Waals surface area contributed by atoms with Crippen molar-refractivity contribution in [3.63, 3.8) is 0 Å². The standard InChI is InChI=1S/C15H15NO3/c1-10(17)13-4-2-3-5-14(13)19-12-8-6-11(7-9-12)15(16)18/h2-10,17H,1H3,(H2,16,18). The molecule has 0 heterocycles. The fraction of sp³-hybridized carbons (Fsp3) is 0.133. The summed E-state index contributed by atoms with van der Waals surface area (Å²) < 4.78 is 5.69. The number of para-hydroxylation sites is 1. The molecule has 4 nitrogen and oxygen atoms in total. The minimum atomic E-state index is -0.610. The third-order valence-electron chi connectivity index (χ3n) is 2.74. The SMILES string of the molecule is CC(O)c1ccccc1Oc1ccc(C(N)=O)cc1. The van der Waals surface area contributed by atoms with E-state index in [1.54, 1.807) is 43.3 Å². The van der Waals surface area contributed by atoms with Gasteiger partial charge in [0.05, 0.1) is 6.10 Å². The van der Waals surface area contributed by atoms with Crippen LogP contribution < -0.4 is 10.5 Å². The Kier molecular flexibility index (Phi) is 3.82. The molecule has 0 aliphatic rings. The third-order valence-corrected chi connectivity index (χ3v) is 2.74. The van der Waals surface area contributed by atoms with Crippen molar-refractivity contribution in [1.82, 2.24) is 0 Å². The molecular weight excluding hydrogens is 242 g/mol. The van der Waals surface area contributed by atoms with Crippen LogP contribution in [-0.2, 0) is 0 Å². The summed E-state index contributed by atoms with van der Waals surface area (Å²) in [5.41, 5.74) is 6.30. The summed E-state index contributed by atoms with van der Waals surface area (Å²) in [7, 11) is 0. The summed E-state index contributed by atoms with van der Waals surface area (Å²) in [6.45, 7) is 1.68. The highest BCUT2D eigenvalue weighted by Crippen LogP contribution is 2.29. The van der Waals surface area contributed by atoms with Gasteiger partial charge in [-0.25, -0.2) is 0 Å². The van der Waals surface area contributed by atoms with Crippen molar-refractivity contribution >= 4 is 5.91 Å². The molecule has 1 unspecified atom stereocenters. The maximum atomic E-state index is 11.0. The number of aliphatic hydroxyl groups is 1. The molecule has 1 amide bonds. The van der Waals surface area contributed by atoms with Crippen molar-refractivity contribution in [3.8, 4) is 11.5 Å². The number of nitrogens with two attached hydrogens (primary N) is 1. The van der Waals surface area contributed by atoms with Crippen molar-refractivity contribution in [2.75, 3.05) is 0 Å². The zero-order chi connectivity index (χ0) is 13.8. The lowest BCUT2D eigenvalue weighted by molar-refractivity contribution is 0.100. The number of hydrogen-bond donors (Lipinski definition) is 2. The second-order valence-electron chi connectivity index (χ2n) is 4.20. The van der Waals surface area contributed by atoms with Crippen LogP contribution in [0.25, 0.3) is 0 Å². The Morgan fingerprint density at radius 3 is 2.37 bits per heavy atom. The molecule has 0 aromatic heterocycles. The molecule has 0 radical (unpaired) electrons. The normalized spacial score (nSPS) is 11.9. The van der Waals surface area contributed by atoms with Crippen molar-refractivity contribution in [2.45, 2.75) is 13.0 Å². The lowest BCUT2D eigenvalue weighted by Crippen LogP contribution is -2.10. The second-order valence-corrected chi connectivity index (χ2v) is 4.20. The molecule has 1 atom stereocenters. The number of primary amides is 1. The number of hydrogen-bond acceptors (Lipinski definition) is 3. The number of amides is 1. The highest BCUT2D eigenvalue weighted by atomic mass is 16.5. The van der Waals surface area contributed by atoms with Gasteiger partial charge in [-0.05, 0) is 37.3 Å². The minimum absolute atomic E-state index is 0.427. The summed E-state index contributed by atoms with van der Waals surface area (Å²) in [4.78, 5) is 11.0. The van der Waals surface area contributed by atoms with Gasteiger partial charge in [-0.3, -0.25) is 4.79 Å². The molecule has 2 rings (SSSR count). The fourth-order valence-corrected chi connectivity index (χ4v) is 1.73. The first-order valence-electron chi connectivity index (χ1n) is 5.92. The lowest BCUT2D eigenvalue weighted by atomic mass is 10.1. The molecule has 0 fully saturated rings. The first-order valence-corrected chi connectivity index (χ1v) is 5.92. The van der Waals surface area contributed by atoms with E-state index in [-0.39, 0.29) is 0 Å². The van der Waals surface area contributed by atoms with Gasteiger partial charge in [-0.2, -0.15) is 0 Å². The second kappa shape index (κ2) is 5.54. The van der Waals surface area contributed by atoms with Gasteiger partial charge in [0.1, 0.15) is 11.5 Å². The predicted octanol–water partition coefficient (Wildman–Crippen LogP) is 2.63. The van der Waals surface area contributed by atoms with E-state index < -0.39 is 12.0 Å². The summed E-state index contributed by atoms with van der Waals surface area (Å²) in [5, 5.41) is 9.66. The zero-order valence-electron chi connectivity index (χ0n) is 10.5. The van der Waals surface area contributed by atoms with E-state index in [0.717, 1.165) is 0 Å². The third kappa shape index (κ3) is 3.11. The molecule has 0 saturated carbocycles. The molecule has 0 aliphatic heterocycles. The molecular formula is C15H15NO3. The lowest BCUT2D eigenvalue weighted by Gasteiger charge is -2.12. The highest BCUT2D eigenvalue weighted by molar-refractivity contribution is 5.92. The first kappa shape index (κ1) is 13.1. The van der Waals surface area contributed by atoms with Crippen LogP contribution in [0.3, 0.4) is 0 Å². The molecule has 2 aromatic rings. The monoisotopic (exact) mass is 257 g/mol. The maximum absolute atomic E-state index is 11.0. The Morgan fingerprint density at radius 1 is 1.16 bits per heavy atom. The van der Waals surface area contributed by atoms with Gasteiger partial charge in [0.2, 0.25) is 5.91 Å². The van der Waals surface area contributed by atoms with Gasteiger partial charge in [0.25, 0.3) is 0 Å². The van der Waals surface area contributed by atoms with Crippen LogP contribution in [0, 0.1) is 0 Å². The summed E-state index contributed by atoms with van der Waals surface area (Å²) in [6, 6.07) is 13.8. The molecule has 0 bridgehead atoms. The topological polar surface area (TPSA) is 72.6 Å². The fourth-order valence-electron chi connectivity index (χ4n) is 1.73. The van der Waals surface area contributed by atoms with Crippen LogP contribution in [0.5, 0.6) is 11.5 Å². The van der Waals surface area contributed by atoms with E-state index in [9.17, 15) is 9.90 Å². The Morgan fingerprint density at radius 2 is 1.79 bits per heavy atom. The average Bonchev–Trinajstić information content (AvgIpc) is 2.39. The number of aliphatic hydroxyl groups excluding tert-OH is 1. The van der Waals surface area contributed by atoms with E-state index in [1.807, 2.05) is 12.1 Å². The quantitative estimate of drug-likeness (QED) is 0.884. The smallest absolute Gasteiger partial charge is 0.248 e. The van der Waals surface area contributed by atoms with Crippen molar-refractivity contribution in [2.24, 2.45) is 5.73 Å². The number of carbonyl (C=O) groups excluding carboxylic acids is 1. The largest absolute Gasteiger partial charge is 0.457 e. The number of carbonyl (C=O) groups is 1. The maximum Gasteiger partial charge on any atom is 0.248 e. The van der Waals surface area contributed by atoms with Crippen molar-refractivity contribution in [1.29, 1.82) is 0 Å². The van der Waals surface area contributed by atoms with Gasteiger partial charge in [0.15, 0.2) is 0 Å². The Balaban J connectivity index is 2.24. The number of benzene rings is 2. The predicted molar refractivity (Wildman–Crippen MR) is 72.1 cm³/mol. The van der Waals surface area contributed by atoms with Gasteiger partial charge in [-0.1, -0.05) is 18.2 Å². The van der Waals surface area contributed by atoms with Crippen LogP contribution in [0.1, 0.15) is 28.9 Å². The van der Waals surface area contributed by atoms with Gasteiger partial charge in [0, 0.05) is 11.1 Å². The van der Waals surface area contributed by atoms with Crippen LogP contribution in [0.15, 0.2) is 48.5 Å². The highest BCUT2D eigenvalue weighted by Gasteiger charge is 2.09. The Bertz CT molecular complexity index is 576.